The first-order chi connectivity index (χ1) is 8.30. The minimum Gasteiger partial charge on any atom is -0.316 e. The quantitative estimate of drug-likeness (QED) is 0.707. The average molecular weight is 306 g/mol. The Kier molecular flexibility index (Phi) is 3.83. The molecule has 0 N–H and O–H groups in total. The van der Waals surface area contributed by atoms with E-state index in [1.54, 1.807) is 0 Å². The predicted octanol–water partition coefficient (Wildman–Crippen LogP) is 3.71. The van der Waals surface area contributed by atoms with Crippen molar-refractivity contribution < 1.29 is 48.6 Å². The van der Waals surface area contributed by atoms with Crippen LogP contribution in [0, 0.1) is 0 Å². The van der Waals surface area contributed by atoms with Gasteiger partial charge in [-0.3, -0.25) is 0 Å². The summed E-state index contributed by atoms with van der Waals surface area (Å²) in [5.74, 6) is -7.29. The Morgan fingerprint density at radius 2 is 1.47 bits per heavy atom. The molecule has 19 heavy (non-hydrogen) atoms. The van der Waals surface area contributed by atoms with Gasteiger partial charge >= 0.3 is 12.4 Å². The zero-order chi connectivity index (χ0) is 15.2. The van der Waals surface area contributed by atoms with Gasteiger partial charge in [0.15, 0.2) is 12.0 Å². The van der Waals surface area contributed by atoms with Gasteiger partial charge in [0, 0.05) is 0 Å². The van der Waals surface area contributed by atoms with Gasteiger partial charge in [-0.1, -0.05) is 0 Å². The molecule has 11 heteroatoms. The van der Waals surface area contributed by atoms with E-state index in [1.807, 2.05) is 0 Å². The fourth-order valence-electron chi connectivity index (χ4n) is 1.29. The Hall–Kier alpha value is -1.00. The highest BCUT2D eigenvalue weighted by Crippen LogP contribution is 2.46. The first-order valence-corrected chi connectivity index (χ1v) is 4.46. The lowest BCUT2D eigenvalue weighted by molar-refractivity contribution is -0.363. The molecule has 1 nitrogen and oxygen atoms in total. The van der Waals surface area contributed by atoms with E-state index in [2.05, 4.69) is 4.74 Å². The largest absolute Gasteiger partial charge is 0.423 e. The van der Waals surface area contributed by atoms with Gasteiger partial charge in [-0.15, -0.1) is 0 Å². The first-order valence-electron chi connectivity index (χ1n) is 4.46. The van der Waals surface area contributed by atoms with Crippen molar-refractivity contribution in [2.75, 3.05) is 0 Å². The van der Waals surface area contributed by atoms with Gasteiger partial charge < -0.3 is 4.74 Å². The summed E-state index contributed by atoms with van der Waals surface area (Å²) in [6.45, 7) is 0. The van der Waals surface area contributed by atoms with Gasteiger partial charge in [-0.05, 0) is 6.08 Å². The monoisotopic (exact) mass is 306 g/mol. The second kappa shape index (κ2) is 4.53. The molecule has 0 saturated carbocycles. The van der Waals surface area contributed by atoms with E-state index in [0.29, 0.717) is 0 Å². The standard InChI is InChI=1S/C8H4F10O/c9-2-1-3(10)6(12,4(2)11)19-5(7(13,14)15)8(16,17)18/h1-2,4-5H. The van der Waals surface area contributed by atoms with Crippen molar-refractivity contribution in [3.63, 3.8) is 0 Å². The number of hydrogen-bond acceptors (Lipinski definition) is 1. The molecule has 0 aliphatic heterocycles. The van der Waals surface area contributed by atoms with Crippen molar-refractivity contribution in [2.24, 2.45) is 0 Å². The zero-order valence-corrected chi connectivity index (χ0v) is 8.50. The maximum Gasteiger partial charge on any atom is 0.423 e. The van der Waals surface area contributed by atoms with Gasteiger partial charge in [0.05, 0.1) is 0 Å². The van der Waals surface area contributed by atoms with E-state index in [-0.39, 0.29) is 0 Å². The lowest BCUT2D eigenvalue weighted by atomic mass is 10.2. The maximum atomic E-state index is 13.4. The number of halogens is 10. The molecule has 0 bridgehead atoms. The van der Waals surface area contributed by atoms with Crippen LogP contribution in [-0.2, 0) is 4.74 Å². The lowest BCUT2D eigenvalue weighted by Gasteiger charge is -2.30. The van der Waals surface area contributed by atoms with Crippen molar-refractivity contribution in [3.8, 4) is 0 Å². The van der Waals surface area contributed by atoms with Crippen LogP contribution < -0.4 is 0 Å². The van der Waals surface area contributed by atoms with Gasteiger partial charge in [0.2, 0.25) is 6.17 Å². The molecule has 3 atom stereocenters. The molecule has 1 aliphatic rings. The summed E-state index contributed by atoms with van der Waals surface area (Å²) < 4.78 is 126. The molecule has 3 unspecified atom stereocenters. The third kappa shape index (κ3) is 2.95. The van der Waals surface area contributed by atoms with Crippen LogP contribution in [0.2, 0.25) is 0 Å². The van der Waals surface area contributed by atoms with Gasteiger partial charge in [0.25, 0.3) is 12.0 Å². The van der Waals surface area contributed by atoms with Gasteiger partial charge in [-0.25, -0.2) is 17.6 Å². The van der Waals surface area contributed by atoms with Crippen LogP contribution in [0.1, 0.15) is 0 Å². The number of ether oxygens (including phenoxy) is 1. The molecule has 0 aromatic rings. The fraction of sp³-hybridized carbons (Fsp3) is 0.750. The molecule has 0 radical (unpaired) electrons. The Labute approximate surface area is 98.4 Å². The summed E-state index contributed by atoms with van der Waals surface area (Å²) >= 11 is 0. The molecule has 0 heterocycles. The number of alkyl halides is 9. The Bertz CT molecular complexity index is 357. The summed E-state index contributed by atoms with van der Waals surface area (Å²) in [4.78, 5) is 0. The SMILES string of the molecule is FC1=CC(F)C(F)C1(F)OC(C(F)(F)F)C(F)(F)F. The maximum absolute atomic E-state index is 13.4. The van der Waals surface area contributed by atoms with Crippen molar-refractivity contribution >= 4 is 0 Å². The van der Waals surface area contributed by atoms with Crippen LogP contribution >= 0.6 is 0 Å². The van der Waals surface area contributed by atoms with E-state index < -0.39 is 48.6 Å². The van der Waals surface area contributed by atoms with E-state index in [9.17, 15) is 43.9 Å². The smallest absolute Gasteiger partial charge is 0.316 e. The van der Waals surface area contributed by atoms with Gasteiger partial charge in [-0.2, -0.15) is 26.3 Å². The van der Waals surface area contributed by atoms with Crippen LogP contribution in [0.5, 0.6) is 0 Å². The third-order valence-electron chi connectivity index (χ3n) is 2.15. The lowest BCUT2D eigenvalue weighted by Crippen LogP contribution is -2.52. The number of hydrogen-bond donors (Lipinski definition) is 0. The first kappa shape index (κ1) is 16.1. The molecule has 0 saturated heterocycles. The third-order valence-corrected chi connectivity index (χ3v) is 2.15. The fourth-order valence-corrected chi connectivity index (χ4v) is 1.29. The number of allylic oxidation sites excluding steroid dienone is 1. The second-order valence-electron chi connectivity index (χ2n) is 3.59. The highest BCUT2D eigenvalue weighted by atomic mass is 19.4. The minimum atomic E-state index is -6.17. The van der Waals surface area contributed by atoms with Crippen molar-refractivity contribution in [2.45, 2.75) is 36.7 Å². The Morgan fingerprint density at radius 3 is 1.74 bits per heavy atom. The highest BCUT2D eigenvalue weighted by Gasteiger charge is 2.65. The van der Waals surface area contributed by atoms with Crippen LogP contribution in [0.15, 0.2) is 11.9 Å². The van der Waals surface area contributed by atoms with Crippen LogP contribution in [0.3, 0.4) is 0 Å². The van der Waals surface area contributed by atoms with E-state index in [4.69, 9.17) is 0 Å². The topological polar surface area (TPSA) is 9.23 Å². The zero-order valence-electron chi connectivity index (χ0n) is 8.50. The molecule has 0 spiro atoms. The van der Waals surface area contributed by atoms with Crippen LogP contribution in [0.25, 0.3) is 0 Å². The van der Waals surface area contributed by atoms with Gasteiger partial charge in [0.1, 0.15) is 0 Å². The van der Waals surface area contributed by atoms with Crippen LogP contribution in [0.4, 0.5) is 43.9 Å². The van der Waals surface area contributed by atoms with Crippen molar-refractivity contribution in [1.29, 1.82) is 0 Å². The minimum absolute atomic E-state index is 0.436. The number of rotatable bonds is 2. The summed E-state index contributed by atoms with van der Waals surface area (Å²) in [5, 5.41) is 0. The second-order valence-corrected chi connectivity index (χ2v) is 3.59. The molecule has 0 amide bonds. The molecular weight excluding hydrogens is 302 g/mol. The Morgan fingerprint density at radius 1 is 1.05 bits per heavy atom. The molecule has 0 fully saturated rings. The van der Waals surface area contributed by atoms with Crippen molar-refractivity contribution in [1.82, 2.24) is 0 Å². The molecule has 1 aliphatic carbocycles. The molecule has 0 aromatic heterocycles. The van der Waals surface area contributed by atoms with Crippen molar-refractivity contribution in [3.05, 3.63) is 11.9 Å². The highest BCUT2D eigenvalue weighted by molar-refractivity contribution is 5.21. The molecule has 112 valence electrons. The summed E-state index contributed by atoms with van der Waals surface area (Å²) in [6.07, 6.45) is -24.3. The molecular formula is C8H4F10O. The van der Waals surface area contributed by atoms with E-state index in [0.717, 1.165) is 0 Å². The average Bonchev–Trinajstić information content (AvgIpc) is 2.37. The summed E-state index contributed by atoms with van der Waals surface area (Å²) in [7, 11) is 0. The normalized spacial score (nSPS) is 32.9. The molecule has 1 rings (SSSR count). The predicted molar refractivity (Wildman–Crippen MR) is 39.8 cm³/mol. The van der Waals surface area contributed by atoms with E-state index >= 15 is 0 Å². The van der Waals surface area contributed by atoms with Crippen LogP contribution in [-0.4, -0.2) is 36.7 Å². The molecule has 0 aromatic carbocycles. The van der Waals surface area contributed by atoms with E-state index in [1.165, 1.54) is 0 Å². The summed E-state index contributed by atoms with van der Waals surface area (Å²) in [6, 6.07) is 0. The summed E-state index contributed by atoms with van der Waals surface area (Å²) in [5.41, 5.74) is 0. The Balaban J connectivity index is 3.08.